The van der Waals surface area contributed by atoms with Crippen molar-refractivity contribution in [2.75, 3.05) is 7.11 Å². The molecule has 0 aliphatic carbocycles. The Morgan fingerprint density at radius 3 is 2.66 bits per heavy atom. The normalized spacial score (nSPS) is 11.2. The van der Waals surface area contributed by atoms with Crippen LogP contribution in [0, 0.1) is 12.7 Å². The summed E-state index contributed by atoms with van der Waals surface area (Å²) in [6.07, 6.45) is 3.19. The number of nitrogens with zero attached hydrogens (tertiary/aromatic N) is 3. The summed E-state index contributed by atoms with van der Waals surface area (Å²) in [5.41, 5.74) is 3.98. The van der Waals surface area contributed by atoms with Crippen LogP contribution >= 0.6 is 15.9 Å². The average Bonchev–Trinajstić information content (AvgIpc) is 3.45. The third-order valence-electron chi connectivity index (χ3n) is 5.98. The van der Waals surface area contributed by atoms with Gasteiger partial charge in [0.05, 0.1) is 18.8 Å². The van der Waals surface area contributed by atoms with Gasteiger partial charge in [-0.1, -0.05) is 34.1 Å². The van der Waals surface area contributed by atoms with Crippen molar-refractivity contribution in [3.8, 4) is 17.2 Å². The second kappa shape index (κ2) is 9.46. The average molecular weight is 534 g/mol. The molecule has 0 bridgehead atoms. The third-order valence-corrected chi connectivity index (χ3v) is 6.51. The molecule has 2 aromatic carbocycles. The molecule has 0 fully saturated rings. The van der Waals surface area contributed by atoms with Crippen LogP contribution in [0.1, 0.15) is 27.5 Å². The first kappa shape index (κ1) is 23.0. The molecular weight excluding hydrogens is 513 g/mol. The van der Waals surface area contributed by atoms with Gasteiger partial charge in [0, 0.05) is 40.8 Å². The van der Waals surface area contributed by atoms with Crippen LogP contribution < -0.4 is 4.74 Å². The van der Waals surface area contributed by atoms with Crippen molar-refractivity contribution in [1.29, 1.82) is 0 Å². The SMILES string of the molecule is COc1cc2c(CC(=O)c3ncc(-c4ccccn4)o3)c(C)n(Cc3ccc(Br)cc3)c2cc1F. The van der Waals surface area contributed by atoms with Gasteiger partial charge >= 0.3 is 0 Å². The van der Waals surface area contributed by atoms with E-state index in [2.05, 4.69) is 25.9 Å². The van der Waals surface area contributed by atoms with E-state index in [1.165, 1.54) is 19.4 Å². The Balaban J connectivity index is 1.54. The summed E-state index contributed by atoms with van der Waals surface area (Å²) < 4.78 is 28.6. The van der Waals surface area contributed by atoms with Gasteiger partial charge in [-0.05, 0) is 48.4 Å². The molecule has 5 rings (SSSR count). The number of carbonyl (C=O) groups is 1. The highest BCUT2D eigenvalue weighted by atomic mass is 79.9. The predicted octanol–water partition coefficient (Wildman–Crippen LogP) is 6.38. The van der Waals surface area contributed by atoms with E-state index in [1.807, 2.05) is 41.8 Å². The lowest BCUT2D eigenvalue weighted by Crippen LogP contribution is -2.06. The van der Waals surface area contributed by atoms with Crippen LogP contribution in [0.2, 0.25) is 0 Å². The van der Waals surface area contributed by atoms with Crippen LogP contribution in [-0.4, -0.2) is 27.4 Å². The van der Waals surface area contributed by atoms with Crippen LogP contribution in [0.5, 0.6) is 5.75 Å². The van der Waals surface area contributed by atoms with E-state index in [0.717, 1.165) is 26.7 Å². The van der Waals surface area contributed by atoms with Gasteiger partial charge in [0.2, 0.25) is 5.78 Å². The van der Waals surface area contributed by atoms with E-state index < -0.39 is 5.82 Å². The minimum Gasteiger partial charge on any atom is -0.494 e. The van der Waals surface area contributed by atoms with Crippen LogP contribution in [-0.2, 0) is 13.0 Å². The Bertz CT molecular complexity index is 1530. The van der Waals surface area contributed by atoms with Gasteiger partial charge in [0.15, 0.2) is 17.3 Å². The van der Waals surface area contributed by atoms with Gasteiger partial charge in [-0.2, -0.15) is 0 Å². The molecule has 3 heterocycles. The van der Waals surface area contributed by atoms with Gasteiger partial charge in [0.1, 0.15) is 5.69 Å². The number of hydrogen-bond acceptors (Lipinski definition) is 5. The number of oxazole rings is 1. The molecule has 0 saturated heterocycles. The fourth-order valence-electron chi connectivity index (χ4n) is 4.17. The maximum atomic E-state index is 14.7. The molecule has 0 amide bonds. The summed E-state index contributed by atoms with van der Waals surface area (Å²) in [4.78, 5) is 21.6. The summed E-state index contributed by atoms with van der Waals surface area (Å²) in [7, 11) is 1.42. The van der Waals surface area contributed by atoms with Gasteiger partial charge < -0.3 is 13.7 Å². The van der Waals surface area contributed by atoms with Crippen molar-refractivity contribution in [3.63, 3.8) is 0 Å². The molecular formula is C27H21BrFN3O3. The van der Waals surface area contributed by atoms with Crippen molar-refractivity contribution in [2.24, 2.45) is 0 Å². The van der Waals surface area contributed by atoms with Crippen LogP contribution in [0.15, 0.2) is 75.9 Å². The number of rotatable bonds is 7. The Hall–Kier alpha value is -3.78. The first-order chi connectivity index (χ1) is 16.9. The van der Waals surface area contributed by atoms with E-state index in [-0.39, 0.29) is 23.8 Å². The van der Waals surface area contributed by atoms with Gasteiger partial charge in [-0.3, -0.25) is 9.78 Å². The van der Waals surface area contributed by atoms with Crippen molar-refractivity contribution in [3.05, 3.63) is 100.0 Å². The highest BCUT2D eigenvalue weighted by Gasteiger charge is 2.23. The van der Waals surface area contributed by atoms with Crippen LogP contribution in [0.25, 0.3) is 22.4 Å². The number of hydrogen-bond donors (Lipinski definition) is 0. The van der Waals surface area contributed by atoms with Gasteiger partial charge in [-0.25, -0.2) is 9.37 Å². The zero-order valence-electron chi connectivity index (χ0n) is 19.1. The molecule has 5 aromatic rings. The van der Waals surface area contributed by atoms with Crippen molar-refractivity contribution in [2.45, 2.75) is 19.9 Å². The molecule has 3 aromatic heterocycles. The lowest BCUT2D eigenvalue weighted by molar-refractivity contribution is 0.0960. The highest BCUT2D eigenvalue weighted by Crippen LogP contribution is 2.33. The minimum absolute atomic E-state index is 0.00735. The molecule has 0 unspecified atom stereocenters. The largest absolute Gasteiger partial charge is 0.494 e. The number of ketones is 1. The molecule has 8 heteroatoms. The Kier molecular flexibility index (Phi) is 6.21. The number of fused-ring (bicyclic) bond motifs is 1. The van der Waals surface area contributed by atoms with Crippen LogP contribution in [0.3, 0.4) is 0 Å². The summed E-state index contributed by atoms with van der Waals surface area (Å²) in [6.45, 7) is 2.46. The first-order valence-electron chi connectivity index (χ1n) is 10.9. The molecule has 0 aliphatic heterocycles. The molecule has 176 valence electrons. The number of halogens is 2. The summed E-state index contributed by atoms with van der Waals surface area (Å²) >= 11 is 3.45. The number of pyridine rings is 1. The second-order valence-electron chi connectivity index (χ2n) is 8.13. The predicted molar refractivity (Wildman–Crippen MR) is 134 cm³/mol. The molecule has 0 atom stereocenters. The van der Waals surface area contributed by atoms with Gasteiger partial charge in [-0.15, -0.1) is 0 Å². The highest BCUT2D eigenvalue weighted by molar-refractivity contribution is 9.10. The van der Waals surface area contributed by atoms with Crippen LogP contribution in [0.4, 0.5) is 4.39 Å². The summed E-state index contributed by atoms with van der Waals surface area (Å²) in [6, 6.07) is 16.5. The maximum Gasteiger partial charge on any atom is 0.264 e. The maximum absolute atomic E-state index is 14.7. The van der Waals surface area contributed by atoms with E-state index in [9.17, 15) is 9.18 Å². The molecule has 6 nitrogen and oxygen atoms in total. The monoisotopic (exact) mass is 533 g/mol. The molecule has 0 spiro atoms. The van der Waals surface area contributed by atoms with E-state index in [1.54, 1.807) is 24.4 Å². The number of Topliss-reactive ketones (excluding diaryl/α,β-unsaturated/α-hetero) is 1. The zero-order chi connectivity index (χ0) is 24.5. The van der Waals surface area contributed by atoms with E-state index in [0.29, 0.717) is 23.5 Å². The van der Waals surface area contributed by atoms with E-state index in [4.69, 9.17) is 9.15 Å². The first-order valence-corrected chi connectivity index (χ1v) is 11.7. The fraction of sp³-hybridized carbons (Fsp3) is 0.148. The zero-order valence-corrected chi connectivity index (χ0v) is 20.7. The Morgan fingerprint density at radius 2 is 1.94 bits per heavy atom. The quantitative estimate of drug-likeness (QED) is 0.227. The second-order valence-corrected chi connectivity index (χ2v) is 9.04. The topological polar surface area (TPSA) is 70.2 Å². The molecule has 0 saturated carbocycles. The molecule has 0 N–H and O–H groups in total. The molecule has 35 heavy (non-hydrogen) atoms. The Labute approximate surface area is 209 Å². The number of methoxy groups -OCH3 is 1. The summed E-state index contributed by atoms with van der Waals surface area (Å²) in [5.74, 6) is -0.179. The number of ether oxygens (including phenoxy) is 1. The van der Waals surface area contributed by atoms with Gasteiger partial charge in [0.25, 0.3) is 5.89 Å². The van der Waals surface area contributed by atoms with E-state index >= 15 is 0 Å². The number of carbonyl (C=O) groups excluding carboxylic acids is 1. The molecule has 0 radical (unpaired) electrons. The minimum atomic E-state index is -0.458. The summed E-state index contributed by atoms with van der Waals surface area (Å²) in [5, 5.41) is 0.753. The third kappa shape index (κ3) is 4.49. The number of aromatic nitrogens is 3. The Morgan fingerprint density at radius 1 is 1.14 bits per heavy atom. The van der Waals surface area contributed by atoms with Crippen molar-refractivity contribution >= 4 is 32.6 Å². The van der Waals surface area contributed by atoms with Crippen molar-refractivity contribution in [1.82, 2.24) is 14.5 Å². The fourth-order valence-corrected chi connectivity index (χ4v) is 4.43. The number of benzene rings is 2. The standard InChI is InChI=1S/C27H21BrFN3O3/c1-16-19(11-24(33)27-31-14-26(35-27)22-5-3-4-10-30-22)20-12-25(34-2)21(29)13-23(20)32(16)15-17-6-8-18(28)9-7-17/h3-10,12-14H,11,15H2,1-2H3. The molecule has 0 aliphatic rings. The smallest absolute Gasteiger partial charge is 0.264 e. The lowest BCUT2D eigenvalue weighted by atomic mass is 10.0. The van der Waals surface area contributed by atoms with Crippen molar-refractivity contribution < 1.29 is 18.3 Å². The lowest BCUT2D eigenvalue weighted by Gasteiger charge is -2.10.